The molecule has 4 rings (SSSR count). The lowest BCUT2D eigenvalue weighted by Gasteiger charge is -2.30. The minimum atomic E-state index is -0.495. The number of hydrogen-bond acceptors (Lipinski definition) is 6. The number of anilines is 1. The Morgan fingerprint density at radius 2 is 1.94 bits per heavy atom. The second kappa shape index (κ2) is 9.84. The van der Waals surface area contributed by atoms with Crippen LogP contribution in [0.25, 0.3) is 5.69 Å². The molecule has 2 amide bonds. The van der Waals surface area contributed by atoms with Crippen LogP contribution in [0.1, 0.15) is 29.8 Å². The number of aryl methyl sites for hydroxylation is 1. The van der Waals surface area contributed by atoms with Crippen molar-refractivity contribution in [2.45, 2.75) is 39.0 Å². The quantitative estimate of drug-likeness (QED) is 0.544. The first-order valence-corrected chi connectivity index (χ1v) is 10.6. The van der Waals surface area contributed by atoms with Crippen LogP contribution in [0.5, 0.6) is 0 Å². The molecule has 1 fully saturated rings. The molecule has 0 bridgehead atoms. The molecule has 32 heavy (non-hydrogen) atoms. The van der Waals surface area contributed by atoms with Crippen LogP contribution in [0.3, 0.4) is 0 Å². The lowest BCUT2D eigenvalue weighted by molar-refractivity contribution is 0.0791. The van der Waals surface area contributed by atoms with Crippen LogP contribution < -0.4 is 10.6 Å². The normalized spacial score (nSPS) is 15.0. The molecule has 2 heterocycles. The van der Waals surface area contributed by atoms with Crippen molar-refractivity contribution < 1.29 is 14.3 Å². The molecule has 1 aliphatic rings. The van der Waals surface area contributed by atoms with E-state index in [-0.39, 0.29) is 11.8 Å². The number of nitrogens with zero attached hydrogens (tertiary/aromatic N) is 5. The van der Waals surface area contributed by atoms with Gasteiger partial charge in [-0.1, -0.05) is 24.3 Å². The molecule has 3 aromatic rings. The summed E-state index contributed by atoms with van der Waals surface area (Å²) in [6.07, 6.45) is 1.36. The number of benzene rings is 2. The van der Waals surface area contributed by atoms with Crippen molar-refractivity contribution >= 4 is 11.7 Å². The fourth-order valence-electron chi connectivity index (χ4n) is 3.76. The Hall–Kier alpha value is -3.37. The molecular formula is C22H26FN7O2. The molecule has 0 radical (unpaired) electrons. The summed E-state index contributed by atoms with van der Waals surface area (Å²) in [4.78, 5) is 14.8. The molecule has 9 nitrogen and oxygen atoms in total. The van der Waals surface area contributed by atoms with E-state index in [1.807, 2.05) is 18.2 Å². The average Bonchev–Trinajstić information content (AvgIpc) is 3.21. The van der Waals surface area contributed by atoms with Crippen LogP contribution in [0.15, 0.2) is 42.5 Å². The van der Waals surface area contributed by atoms with E-state index >= 15 is 0 Å². The molecule has 1 saturated heterocycles. The van der Waals surface area contributed by atoms with Crippen LogP contribution in [0.2, 0.25) is 0 Å². The van der Waals surface area contributed by atoms with E-state index in [2.05, 4.69) is 37.1 Å². The molecular weight excluding hydrogens is 413 g/mol. The van der Waals surface area contributed by atoms with E-state index < -0.39 is 11.8 Å². The minimum absolute atomic E-state index is 0.155. The molecule has 1 aromatic heterocycles. The zero-order valence-corrected chi connectivity index (χ0v) is 17.8. The first kappa shape index (κ1) is 21.8. The number of tetrazole rings is 1. The fraction of sp³-hybridized carbons (Fsp3) is 0.364. The maximum absolute atomic E-state index is 14.2. The molecule has 3 N–H and O–H groups in total. The van der Waals surface area contributed by atoms with Crippen molar-refractivity contribution in [1.82, 2.24) is 30.4 Å². The SMILES string of the molecule is Cc1nnnn1-c1cc(NC(=O)NCc2ccccc2CN2CCC(O)CC2)ccc1F. The van der Waals surface area contributed by atoms with Crippen LogP contribution >= 0.6 is 0 Å². The molecule has 168 valence electrons. The molecule has 0 atom stereocenters. The van der Waals surface area contributed by atoms with Gasteiger partial charge in [-0.25, -0.2) is 9.18 Å². The van der Waals surface area contributed by atoms with Crippen molar-refractivity contribution in [3.05, 3.63) is 65.2 Å². The number of amides is 2. The van der Waals surface area contributed by atoms with Gasteiger partial charge in [0.15, 0.2) is 5.82 Å². The van der Waals surface area contributed by atoms with E-state index in [4.69, 9.17) is 0 Å². The van der Waals surface area contributed by atoms with Crippen LogP contribution in [0, 0.1) is 12.7 Å². The summed E-state index contributed by atoms with van der Waals surface area (Å²) in [5.41, 5.74) is 2.75. The zero-order valence-electron chi connectivity index (χ0n) is 17.8. The van der Waals surface area contributed by atoms with Crippen LogP contribution in [-0.2, 0) is 13.1 Å². The van der Waals surface area contributed by atoms with Gasteiger partial charge in [-0.3, -0.25) is 4.90 Å². The number of rotatable bonds is 6. The number of aliphatic hydroxyl groups is 1. The number of carbonyl (C=O) groups is 1. The number of aliphatic hydroxyl groups excluding tert-OH is 1. The summed E-state index contributed by atoms with van der Waals surface area (Å²) in [6.45, 7) is 4.52. The number of piperidine rings is 1. The van der Waals surface area contributed by atoms with E-state index in [1.165, 1.54) is 22.9 Å². The number of aromatic nitrogens is 4. The standard InChI is InChI=1S/C22H26FN7O2/c1-15-26-27-28-30(15)21-12-18(6-7-20(21)23)25-22(32)24-13-16-4-2-3-5-17(16)14-29-10-8-19(31)9-11-29/h2-7,12,19,31H,8-11,13-14H2,1H3,(H2,24,25,32). The highest BCUT2D eigenvalue weighted by Crippen LogP contribution is 2.19. The highest BCUT2D eigenvalue weighted by molar-refractivity contribution is 5.89. The highest BCUT2D eigenvalue weighted by atomic mass is 19.1. The molecule has 0 spiro atoms. The fourth-order valence-corrected chi connectivity index (χ4v) is 3.76. The van der Waals surface area contributed by atoms with Gasteiger partial charge in [0.2, 0.25) is 0 Å². The first-order chi connectivity index (χ1) is 15.5. The Morgan fingerprint density at radius 3 is 2.66 bits per heavy atom. The lowest BCUT2D eigenvalue weighted by atomic mass is 10.0. The van der Waals surface area contributed by atoms with E-state index in [0.717, 1.165) is 43.6 Å². The van der Waals surface area contributed by atoms with Crippen molar-refractivity contribution in [2.24, 2.45) is 0 Å². The van der Waals surface area contributed by atoms with Gasteiger partial charge in [-0.2, -0.15) is 4.68 Å². The van der Waals surface area contributed by atoms with Gasteiger partial charge in [-0.05, 0) is 59.5 Å². The lowest BCUT2D eigenvalue weighted by Crippen LogP contribution is -2.35. The molecule has 10 heteroatoms. The summed E-state index contributed by atoms with van der Waals surface area (Å²) in [5.74, 6) is -0.0594. The van der Waals surface area contributed by atoms with Gasteiger partial charge in [0.25, 0.3) is 0 Å². The monoisotopic (exact) mass is 439 g/mol. The summed E-state index contributed by atoms with van der Waals surface area (Å²) in [7, 11) is 0. The predicted octanol–water partition coefficient (Wildman–Crippen LogP) is 2.39. The van der Waals surface area contributed by atoms with Crippen molar-refractivity contribution in [2.75, 3.05) is 18.4 Å². The van der Waals surface area contributed by atoms with E-state index in [0.29, 0.717) is 18.1 Å². The summed E-state index contributed by atoms with van der Waals surface area (Å²) in [6, 6.07) is 11.8. The Morgan fingerprint density at radius 1 is 1.19 bits per heavy atom. The minimum Gasteiger partial charge on any atom is -0.393 e. The second-order valence-electron chi connectivity index (χ2n) is 7.89. The maximum Gasteiger partial charge on any atom is 0.319 e. The molecule has 0 unspecified atom stereocenters. The van der Waals surface area contributed by atoms with Gasteiger partial charge in [0.1, 0.15) is 11.5 Å². The summed E-state index contributed by atoms with van der Waals surface area (Å²) >= 11 is 0. The number of nitrogens with one attached hydrogen (secondary N) is 2. The Balaban J connectivity index is 1.37. The Labute approximate surface area is 185 Å². The van der Waals surface area contributed by atoms with Crippen molar-refractivity contribution in [3.8, 4) is 5.69 Å². The van der Waals surface area contributed by atoms with Gasteiger partial charge in [-0.15, -0.1) is 5.10 Å². The third-order valence-corrected chi connectivity index (χ3v) is 5.57. The largest absolute Gasteiger partial charge is 0.393 e. The third kappa shape index (κ3) is 5.27. The van der Waals surface area contributed by atoms with Crippen molar-refractivity contribution in [3.63, 3.8) is 0 Å². The number of carbonyl (C=O) groups excluding carboxylic acids is 1. The van der Waals surface area contributed by atoms with Gasteiger partial charge in [0, 0.05) is 31.9 Å². The zero-order chi connectivity index (χ0) is 22.5. The van der Waals surface area contributed by atoms with E-state index in [9.17, 15) is 14.3 Å². The third-order valence-electron chi connectivity index (χ3n) is 5.57. The smallest absolute Gasteiger partial charge is 0.319 e. The topological polar surface area (TPSA) is 108 Å². The molecule has 0 saturated carbocycles. The number of likely N-dealkylation sites (tertiary alicyclic amines) is 1. The molecule has 0 aliphatic carbocycles. The Bertz CT molecular complexity index is 1080. The summed E-state index contributed by atoms with van der Waals surface area (Å²) < 4.78 is 15.5. The van der Waals surface area contributed by atoms with Gasteiger partial charge in [0.05, 0.1) is 6.10 Å². The Kier molecular flexibility index (Phi) is 6.72. The van der Waals surface area contributed by atoms with E-state index in [1.54, 1.807) is 6.92 Å². The molecule has 1 aliphatic heterocycles. The maximum atomic E-state index is 14.2. The van der Waals surface area contributed by atoms with Crippen molar-refractivity contribution in [1.29, 1.82) is 0 Å². The number of hydrogen-bond donors (Lipinski definition) is 3. The number of urea groups is 1. The predicted molar refractivity (Wildman–Crippen MR) is 117 cm³/mol. The van der Waals surface area contributed by atoms with Gasteiger partial charge < -0.3 is 15.7 Å². The average molecular weight is 439 g/mol. The number of halogens is 1. The highest BCUT2D eigenvalue weighted by Gasteiger charge is 2.18. The van der Waals surface area contributed by atoms with Crippen LogP contribution in [0.4, 0.5) is 14.9 Å². The summed E-state index contributed by atoms with van der Waals surface area (Å²) in [5, 5.41) is 26.4. The molecule has 2 aromatic carbocycles. The van der Waals surface area contributed by atoms with Gasteiger partial charge >= 0.3 is 6.03 Å². The second-order valence-corrected chi connectivity index (χ2v) is 7.89. The first-order valence-electron chi connectivity index (χ1n) is 10.6. The van der Waals surface area contributed by atoms with Crippen LogP contribution in [-0.4, -0.2) is 55.4 Å².